The lowest BCUT2D eigenvalue weighted by atomic mass is 10.1. The maximum atomic E-state index is 12.9. The summed E-state index contributed by atoms with van der Waals surface area (Å²) in [7, 11) is 0. The molecule has 0 heterocycles. The minimum atomic E-state index is -0.429. The average molecular weight is 320 g/mol. The minimum absolute atomic E-state index is 0.0326. The van der Waals surface area contributed by atoms with Gasteiger partial charge in [-0.15, -0.1) is 0 Å². The Balaban J connectivity index is 2.81. The number of halogens is 2. The van der Waals surface area contributed by atoms with Crippen molar-refractivity contribution >= 4 is 34.2 Å². The highest BCUT2D eigenvalue weighted by atomic mass is 127. The van der Waals surface area contributed by atoms with E-state index in [1.54, 1.807) is 6.07 Å². The summed E-state index contributed by atoms with van der Waals surface area (Å²) < 4.78 is 13.6. The molecule has 15 heavy (non-hydrogen) atoms. The van der Waals surface area contributed by atoms with Gasteiger partial charge in [-0.1, -0.05) is 0 Å². The van der Waals surface area contributed by atoms with Gasteiger partial charge in [-0.05, 0) is 47.7 Å². The predicted octanol–water partition coefficient (Wildman–Crippen LogP) is 2.98. The molecule has 0 fully saturated rings. The van der Waals surface area contributed by atoms with Gasteiger partial charge in [0.05, 0.1) is 0 Å². The van der Waals surface area contributed by atoms with Crippen LogP contribution in [0.3, 0.4) is 0 Å². The Morgan fingerprint density at radius 2 is 2.00 bits per heavy atom. The van der Waals surface area contributed by atoms with Gasteiger partial charge in [0.2, 0.25) is 0 Å². The van der Waals surface area contributed by atoms with Gasteiger partial charge < -0.3 is 4.79 Å². The maximum absolute atomic E-state index is 12.9. The molecule has 0 spiro atoms. The number of rotatable bonds is 4. The van der Waals surface area contributed by atoms with Crippen molar-refractivity contribution < 1.29 is 14.0 Å². The molecule has 2 nitrogen and oxygen atoms in total. The molecule has 0 amide bonds. The number of ketones is 2. The summed E-state index contributed by atoms with van der Waals surface area (Å²) in [6.45, 7) is 1.43. The Hall–Kier alpha value is -0.780. The summed E-state index contributed by atoms with van der Waals surface area (Å²) in [6, 6.07) is 4.07. The molecular formula is C11H10FIO2. The molecule has 0 saturated heterocycles. The smallest absolute Gasteiger partial charge is 0.164 e. The highest BCUT2D eigenvalue weighted by Crippen LogP contribution is 2.16. The van der Waals surface area contributed by atoms with Gasteiger partial charge in [0.25, 0.3) is 0 Å². The molecule has 0 bridgehead atoms. The molecule has 1 aromatic rings. The van der Waals surface area contributed by atoms with Crippen LogP contribution < -0.4 is 0 Å². The summed E-state index contributed by atoms with van der Waals surface area (Å²) >= 11 is 1.98. The van der Waals surface area contributed by atoms with Gasteiger partial charge in [-0.2, -0.15) is 0 Å². The summed E-state index contributed by atoms with van der Waals surface area (Å²) in [4.78, 5) is 22.3. The fraction of sp³-hybridized carbons (Fsp3) is 0.273. The molecule has 0 atom stereocenters. The zero-order valence-corrected chi connectivity index (χ0v) is 10.4. The zero-order chi connectivity index (χ0) is 11.4. The van der Waals surface area contributed by atoms with Crippen molar-refractivity contribution in [3.05, 3.63) is 33.1 Å². The Morgan fingerprint density at radius 3 is 2.60 bits per heavy atom. The lowest BCUT2D eigenvalue weighted by Crippen LogP contribution is -2.04. The van der Waals surface area contributed by atoms with E-state index in [9.17, 15) is 14.0 Å². The first kappa shape index (κ1) is 12.3. The summed E-state index contributed by atoms with van der Waals surface area (Å²) in [6.07, 6.45) is 0.361. The standard InChI is InChI=1S/C11H10FIO2/c1-7(14)2-5-11(15)9-6-8(12)3-4-10(9)13/h3-4,6H,2,5H2,1H3. The highest BCUT2D eigenvalue weighted by Gasteiger charge is 2.11. The first-order valence-electron chi connectivity index (χ1n) is 4.48. The molecule has 1 rings (SSSR count). The number of hydrogen-bond donors (Lipinski definition) is 0. The largest absolute Gasteiger partial charge is 0.300 e. The second-order valence-corrected chi connectivity index (χ2v) is 4.41. The molecule has 80 valence electrons. The predicted molar refractivity (Wildman–Crippen MR) is 63.4 cm³/mol. The Labute approximate surface area is 101 Å². The fourth-order valence-corrected chi connectivity index (χ4v) is 1.77. The van der Waals surface area contributed by atoms with Crippen molar-refractivity contribution in [3.63, 3.8) is 0 Å². The van der Waals surface area contributed by atoms with Crippen LogP contribution in [0.4, 0.5) is 4.39 Å². The van der Waals surface area contributed by atoms with Crippen LogP contribution in [0.1, 0.15) is 30.1 Å². The topological polar surface area (TPSA) is 34.1 Å². The molecule has 0 aliphatic heterocycles. The quantitative estimate of drug-likeness (QED) is 0.631. The molecule has 0 aromatic heterocycles. The Bertz CT molecular complexity index is 402. The summed E-state index contributed by atoms with van der Waals surface area (Å²) in [5, 5.41) is 0. The van der Waals surface area contributed by atoms with E-state index in [2.05, 4.69) is 0 Å². The van der Waals surface area contributed by atoms with Crippen LogP contribution in [-0.2, 0) is 4.79 Å². The van der Waals surface area contributed by atoms with E-state index < -0.39 is 5.82 Å². The third kappa shape index (κ3) is 3.70. The Kier molecular flexibility index (Phi) is 4.38. The first-order chi connectivity index (χ1) is 7.00. The third-order valence-corrected chi connectivity index (χ3v) is 2.87. The van der Waals surface area contributed by atoms with E-state index in [-0.39, 0.29) is 24.4 Å². The molecular weight excluding hydrogens is 310 g/mol. The Morgan fingerprint density at radius 1 is 1.33 bits per heavy atom. The fourth-order valence-electron chi connectivity index (χ4n) is 1.14. The molecule has 0 aliphatic rings. The van der Waals surface area contributed by atoms with Gasteiger partial charge in [0.1, 0.15) is 11.6 Å². The van der Waals surface area contributed by atoms with Crippen LogP contribution in [0, 0.1) is 9.39 Å². The molecule has 1 aromatic carbocycles. The lowest BCUT2D eigenvalue weighted by Gasteiger charge is -2.02. The van der Waals surface area contributed by atoms with Gasteiger partial charge in [0.15, 0.2) is 5.78 Å². The average Bonchev–Trinajstić information content (AvgIpc) is 2.18. The van der Waals surface area contributed by atoms with Crippen molar-refractivity contribution in [1.29, 1.82) is 0 Å². The first-order valence-corrected chi connectivity index (χ1v) is 5.56. The van der Waals surface area contributed by atoms with Gasteiger partial charge in [-0.25, -0.2) is 4.39 Å². The van der Waals surface area contributed by atoms with Crippen LogP contribution in [0.5, 0.6) is 0 Å². The number of benzene rings is 1. The molecule has 0 unspecified atom stereocenters. The molecule has 0 saturated carbocycles. The van der Waals surface area contributed by atoms with Crippen molar-refractivity contribution in [2.45, 2.75) is 19.8 Å². The third-order valence-electron chi connectivity index (χ3n) is 1.93. The monoisotopic (exact) mass is 320 g/mol. The van der Waals surface area contributed by atoms with Crippen molar-refractivity contribution in [2.75, 3.05) is 0 Å². The van der Waals surface area contributed by atoms with Crippen LogP contribution in [0.2, 0.25) is 0 Å². The van der Waals surface area contributed by atoms with E-state index in [1.807, 2.05) is 22.6 Å². The minimum Gasteiger partial charge on any atom is -0.300 e. The maximum Gasteiger partial charge on any atom is 0.164 e. The summed E-state index contributed by atoms with van der Waals surface area (Å²) in [5.74, 6) is -0.648. The van der Waals surface area contributed by atoms with E-state index in [4.69, 9.17) is 0 Å². The van der Waals surface area contributed by atoms with Gasteiger partial charge >= 0.3 is 0 Å². The van der Waals surface area contributed by atoms with Crippen molar-refractivity contribution in [3.8, 4) is 0 Å². The molecule has 0 N–H and O–H groups in total. The number of carbonyl (C=O) groups is 2. The number of Topliss-reactive ketones (excluding diaryl/α,β-unsaturated/α-hetero) is 2. The van der Waals surface area contributed by atoms with Crippen LogP contribution in [0.25, 0.3) is 0 Å². The zero-order valence-electron chi connectivity index (χ0n) is 8.22. The normalized spacial score (nSPS) is 10.1. The second kappa shape index (κ2) is 5.34. The van der Waals surface area contributed by atoms with Crippen LogP contribution >= 0.6 is 22.6 Å². The SMILES string of the molecule is CC(=O)CCC(=O)c1cc(F)ccc1I. The highest BCUT2D eigenvalue weighted by molar-refractivity contribution is 14.1. The number of carbonyl (C=O) groups excluding carboxylic acids is 2. The van der Waals surface area contributed by atoms with Gasteiger partial charge in [-0.3, -0.25) is 4.79 Å². The second-order valence-electron chi connectivity index (χ2n) is 3.25. The molecule has 0 radical (unpaired) electrons. The van der Waals surface area contributed by atoms with Crippen LogP contribution in [-0.4, -0.2) is 11.6 Å². The van der Waals surface area contributed by atoms with Crippen molar-refractivity contribution in [2.24, 2.45) is 0 Å². The number of hydrogen-bond acceptors (Lipinski definition) is 2. The van der Waals surface area contributed by atoms with E-state index in [1.165, 1.54) is 19.1 Å². The molecule has 0 aliphatic carbocycles. The van der Waals surface area contributed by atoms with E-state index in [0.29, 0.717) is 9.13 Å². The van der Waals surface area contributed by atoms with Crippen molar-refractivity contribution in [1.82, 2.24) is 0 Å². The summed E-state index contributed by atoms with van der Waals surface area (Å²) in [5.41, 5.74) is 0.358. The van der Waals surface area contributed by atoms with Crippen LogP contribution in [0.15, 0.2) is 18.2 Å². The lowest BCUT2D eigenvalue weighted by molar-refractivity contribution is -0.116. The van der Waals surface area contributed by atoms with E-state index >= 15 is 0 Å². The van der Waals surface area contributed by atoms with Gasteiger partial charge in [0, 0.05) is 22.0 Å². The van der Waals surface area contributed by atoms with E-state index in [0.717, 1.165) is 0 Å². The molecule has 4 heteroatoms.